The predicted molar refractivity (Wildman–Crippen MR) is 135 cm³/mol. The number of aryl methyl sites for hydroxylation is 1. The van der Waals surface area contributed by atoms with Crippen LogP contribution in [0.5, 0.6) is 0 Å². The maximum Gasteiger partial charge on any atom is 0.337 e. The Morgan fingerprint density at radius 3 is 2.60 bits per heavy atom. The second-order valence-corrected chi connectivity index (χ2v) is 9.20. The number of anilines is 1. The van der Waals surface area contributed by atoms with Crippen molar-refractivity contribution in [3.05, 3.63) is 88.1 Å². The molecule has 0 saturated heterocycles. The third-order valence-electron chi connectivity index (χ3n) is 5.52. The highest BCUT2D eigenvalue weighted by atomic mass is 32.2. The van der Waals surface area contributed by atoms with Gasteiger partial charge in [0, 0.05) is 5.69 Å². The summed E-state index contributed by atoms with van der Waals surface area (Å²) in [4.78, 5) is 42.9. The monoisotopic (exact) mass is 491 g/mol. The van der Waals surface area contributed by atoms with Crippen LogP contribution in [0, 0.1) is 0 Å². The molecule has 4 rings (SSSR count). The van der Waals surface area contributed by atoms with E-state index in [-0.39, 0.29) is 23.6 Å². The number of esters is 1. The average Bonchev–Trinajstić information content (AvgIpc) is 3.39. The largest absolute Gasteiger partial charge is 0.467 e. The molecular formula is C26H25N3O5S. The van der Waals surface area contributed by atoms with E-state index in [2.05, 4.69) is 17.2 Å². The fraction of sp³-hybridized carbons (Fsp3) is 0.231. The third kappa shape index (κ3) is 5.46. The van der Waals surface area contributed by atoms with Gasteiger partial charge < -0.3 is 14.5 Å². The molecule has 2 heterocycles. The van der Waals surface area contributed by atoms with Crippen molar-refractivity contribution in [3.63, 3.8) is 0 Å². The van der Waals surface area contributed by atoms with Gasteiger partial charge in [-0.05, 0) is 61.4 Å². The van der Waals surface area contributed by atoms with Gasteiger partial charge in [0.25, 0.3) is 5.56 Å². The molecule has 0 aliphatic rings. The lowest BCUT2D eigenvalue weighted by Gasteiger charge is -2.16. The smallest absolute Gasteiger partial charge is 0.337 e. The first kappa shape index (κ1) is 24.3. The van der Waals surface area contributed by atoms with Crippen molar-refractivity contribution in [1.29, 1.82) is 0 Å². The number of thioether (sulfide) groups is 1. The minimum Gasteiger partial charge on any atom is -0.467 e. The van der Waals surface area contributed by atoms with Crippen molar-refractivity contribution >= 4 is 40.2 Å². The number of furan rings is 1. The first-order valence-electron chi connectivity index (χ1n) is 11.1. The van der Waals surface area contributed by atoms with Crippen LogP contribution in [0.2, 0.25) is 0 Å². The number of hydrogen-bond acceptors (Lipinski definition) is 7. The number of methoxy groups -OCH3 is 1. The Morgan fingerprint density at radius 2 is 1.94 bits per heavy atom. The van der Waals surface area contributed by atoms with E-state index in [4.69, 9.17) is 9.15 Å². The van der Waals surface area contributed by atoms with Crippen LogP contribution in [0.1, 0.15) is 35.5 Å². The van der Waals surface area contributed by atoms with Gasteiger partial charge in [-0.1, -0.05) is 30.8 Å². The van der Waals surface area contributed by atoms with E-state index in [0.717, 1.165) is 18.2 Å². The molecule has 8 nitrogen and oxygen atoms in total. The number of rotatable bonds is 8. The molecule has 1 amide bonds. The van der Waals surface area contributed by atoms with Crippen molar-refractivity contribution in [3.8, 4) is 0 Å². The number of ether oxygens (including phenoxy) is 1. The van der Waals surface area contributed by atoms with E-state index in [9.17, 15) is 14.4 Å². The molecule has 2 aromatic heterocycles. The van der Waals surface area contributed by atoms with Gasteiger partial charge >= 0.3 is 5.97 Å². The van der Waals surface area contributed by atoms with Gasteiger partial charge in [0.15, 0.2) is 5.16 Å². The Labute approximate surface area is 206 Å². The van der Waals surface area contributed by atoms with Crippen molar-refractivity contribution in [2.45, 2.75) is 37.2 Å². The van der Waals surface area contributed by atoms with Crippen molar-refractivity contribution in [2.24, 2.45) is 0 Å². The summed E-state index contributed by atoms with van der Waals surface area (Å²) in [5.74, 6) is -0.166. The summed E-state index contributed by atoms with van der Waals surface area (Å²) in [7, 11) is 1.29. The lowest BCUT2D eigenvalue weighted by Crippen LogP contribution is -2.27. The summed E-state index contributed by atoms with van der Waals surface area (Å²) < 4.78 is 11.7. The Bertz CT molecular complexity index is 1410. The summed E-state index contributed by atoms with van der Waals surface area (Å²) >= 11 is 1.16. The highest BCUT2D eigenvalue weighted by molar-refractivity contribution is 8.00. The van der Waals surface area contributed by atoms with Gasteiger partial charge in [-0.25, -0.2) is 9.78 Å². The SMILES string of the molecule is CCc1ccc(NC(=O)[C@@H](C)Sc2nc3cc(C(=O)OC)ccc3c(=O)n2Cc2ccco2)cc1. The summed E-state index contributed by atoms with van der Waals surface area (Å²) in [5, 5.41) is 3.04. The molecule has 0 bridgehead atoms. The molecule has 35 heavy (non-hydrogen) atoms. The summed E-state index contributed by atoms with van der Waals surface area (Å²) in [5.41, 5.74) is 2.21. The molecule has 4 aromatic rings. The predicted octanol–water partition coefficient (Wildman–Crippen LogP) is 4.51. The number of carbonyl (C=O) groups excluding carboxylic acids is 2. The van der Waals surface area contributed by atoms with Gasteiger partial charge in [0.05, 0.1) is 41.6 Å². The van der Waals surface area contributed by atoms with E-state index in [1.54, 1.807) is 25.1 Å². The van der Waals surface area contributed by atoms with Crippen LogP contribution in [-0.4, -0.2) is 33.8 Å². The minimum atomic E-state index is -0.558. The zero-order chi connectivity index (χ0) is 24.9. The highest BCUT2D eigenvalue weighted by Gasteiger charge is 2.21. The van der Waals surface area contributed by atoms with Gasteiger partial charge in [-0.15, -0.1) is 0 Å². The lowest BCUT2D eigenvalue weighted by molar-refractivity contribution is -0.115. The number of amides is 1. The molecular weight excluding hydrogens is 466 g/mol. The minimum absolute atomic E-state index is 0.155. The third-order valence-corrected chi connectivity index (χ3v) is 6.61. The van der Waals surface area contributed by atoms with Crippen LogP contribution >= 0.6 is 11.8 Å². The molecule has 0 unspecified atom stereocenters. The standard InChI is InChI=1S/C26H25N3O5S/c1-4-17-7-10-19(11-8-17)27-23(30)16(2)35-26-28-22-14-18(25(32)33-3)9-12-21(22)24(31)29(26)15-20-6-5-13-34-20/h5-14,16H,4,15H2,1-3H3,(H,27,30)/t16-/m1/s1. The van der Waals surface area contributed by atoms with E-state index in [1.807, 2.05) is 24.3 Å². The first-order chi connectivity index (χ1) is 16.9. The molecule has 0 fully saturated rings. The number of fused-ring (bicyclic) bond motifs is 1. The van der Waals surface area contributed by atoms with Crippen LogP contribution in [0.15, 0.2) is 75.2 Å². The highest BCUT2D eigenvalue weighted by Crippen LogP contribution is 2.25. The van der Waals surface area contributed by atoms with Crippen LogP contribution < -0.4 is 10.9 Å². The molecule has 2 aromatic carbocycles. The molecule has 1 atom stereocenters. The molecule has 0 radical (unpaired) electrons. The van der Waals surface area contributed by atoms with Crippen LogP contribution in [0.4, 0.5) is 5.69 Å². The van der Waals surface area contributed by atoms with Crippen LogP contribution in [0.25, 0.3) is 10.9 Å². The fourth-order valence-electron chi connectivity index (χ4n) is 3.51. The molecule has 0 spiro atoms. The first-order valence-corrected chi connectivity index (χ1v) is 12.0. The summed E-state index contributed by atoms with van der Waals surface area (Å²) in [6.45, 7) is 3.97. The Kier molecular flexibility index (Phi) is 7.36. The van der Waals surface area contributed by atoms with Crippen molar-refractivity contribution in [2.75, 3.05) is 12.4 Å². The fourth-order valence-corrected chi connectivity index (χ4v) is 4.42. The molecule has 9 heteroatoms. The Balaban J connectivity index is 1.67. The van der Waals surface area contributed by atoms with Crippen molar-refractivity contribution < 1.29 is 18.7 Å². The van der Waals surface area contributed by atoms with E-state index < -0.39 is 11.2 Å². The number of benzene rings is 2. The summed E-state index contributed by atoms with van der Waals surface area (Å²) in [6, 6.07) is 15.8. The quantitative estimate of drug-likeness (QED) is 0.220. The number of hydrogen-bond donors (Lipinski definition) is 1. The van der Waals surface area contributed by atoms with Gasteiger partial charge in [-0.2, -0.15) is 0 Å². The molecule has 0 aliphatic heterocycles. The zero-order valence-electron chi connectivity index (χ0n) is 19.6. The second-order valence-electron chi connectivity index (χ2n) is 7.89. The van der Waals surface area contributed by atoms with Crippen LogP contribution in [0.3, 0.4) is 0 Å². The molecule has 180 valence electrons. The van der Waals surface area contributed by atoms with Crippen molar-refractivity contribution in [1.82, 2.24) is 9.55 Å². The Morgan fingerprint density at radius 1 is 1.17 bits per heavy atom. The Hall–Kier alpha value is -3.85. The van der Waals surface area contributed by atoms with Crippen LogP contribution in [-0.2, 0) is 22.5 Å². The number of carbonyl (C=O) groups is 2. The maximum atomic E-state index is 13.4. The van der Waals surface area contributed by atoms with Gasteiger partial charge in [-0.3, -0.25) is 14.2 Å². The van der Waals surface area contributed by atoms with E-state index in [1.165, 1.54) is 35.6 Å². The second kappa shape index (κ2) is 10.6. The number of nitrogens with one attached hydrogen (secondary N) is 1. The zero-order valence-corrected chi connectivity index (χ0v) is 20.4. The number of nitrogens with zero attached hydrogens (tertiary/aromatic N) is 2. The van der Waals surface area contributed by atoms with E-state index in [0.29, 0.717) is 27.5 Å². The van der Waals surface area contributed by atoms with Gasteiger partial charge in [0.1, 0.15) is 5.76 Å². The molecule has 1 N–H and O–H groups in total. The lowest BCUT2D eigenvalue weighted by atomic mass is 10.1. The average molecular weight is 492 g/mol. The van der Waals surface area contributed by atoms with Gasteiger partial charge in [0.2, 0.25) is 5.91 Å². The topological polar surface area (TPSA) is 103 Å². The normalized spacial score (nSPS) is 11.9. The molecule has 0 saturated carbocycles. The summed E-state index contributed by atoms with van der Waals surface area (Å²) in [6.07, 6.45) is 2.45. The van der Waals surface area contributed by atoms with E-state index >= 15 is 0 Å². The maximum absolute atomic E-state index is 13.4. The molecule has 0 aliphatic carbocycles. The number of aromatic nitrogens is 2.